The summed E-state index contributed by atoms with van der Waals surface area (Å²) in [6.45, 7) is 6.03. The molecule has 1 fully saturated rings. The molecule has 1 atom stereocenters. The molecule has 0 saturated carbocycles. The van der Waals surface area contributed by atoms with Gasteiger partial charge in [0, 0.05) is 51.2 Å². The van der Waals surface area contributed by atoms with Crippen LogP contribution in [0.5, 0.6) is 0 Å². The molecule has 1 aliphatic heterocycles. The van der Waals surface area contributed by atoms with Crippen LogP contribution in [0.3, 0.4) is 0 Å². The Bertz CT molecular complexity index is 1520. The van der Waals surface area contributed by atoms with Gasteiger partial charge in [-0.2, -0.15) is 0 Å². The number of aryl methyl sites for hydroxylation is 1. The Morgan fingerprint density at radius 2 is 1.97 bits per heavy atom. The molecule has 206 valence electrons. The van der Waals surface area contributed by atoms with Crippen LogP contribution in [-0.2, 0) is 0 Å². The highest BCUT2D eigenvalue weighted by atomic mass is 35.5. The fourth-order valence-electron chi connectivity index (χ4n) is 4.99. The summed E-state index contributed by atoms with van der Waals surface area (Å²) < 4.78 is 26.0. The SMILES string of the molecule is Cc1cc(N2CCN(CCCF)CC2)cc2[nH]c(-c3c(NC[C@@H](O)c4ccc(F)c(Cl)c4)cc[nH]c3=O)nc12. The number of pyridine rings is 1. The van der Waals surface area contributed by atoms with Crippen molar-refractivity contribution < 1.29 is 13.9 Å². The second kappa shape index (κ2) is 11.7. The third-order valence-electron chi connectivity index (χ3n) is 7.12. The van der Waals surface area contributed by atoms with E-state index in [-0.39, 0.29) is 23.8 Å². The second-order valence-electron chi connectivity index (χ2n) is 9.78. The molecule has 0 unspecified atom stereocenters. The highest BCUT2D eigenvalue weighted by Crippen LogP contribution is 2.30. The predicted octanol–water partition coefficient (Wildman–Crippen LogP) is 4.65. The molecule has 0 aliphatic carbocycles. The zero-order valence-electron chi connectivity index (χ0n) is 21.6. The van der Waals surface area contributed by atoms with Crippen LogP contribution >= 0.6 is 11.6 Å². The van der Waals surface area contributed by atoms with Gasteiger partial charge in [-0.1, -0.05) is 17.7 Å². The van der Waals surface area contributed by atoms with E-state index in [1.807, 2.05) is 13.0 Å². The van der Waals surface area contributed by atoms with Gasteiger partial charge in [-0.25, -0.2) is 9.37 Å². The first-order valence-electron chi connectivity index (χ1n) is 13.0. The van der Waals surface area contributed by atoms with Crippen LogP contribution in [0.15, 0.2) is 47.4 Å². The number of alkyl halides is 1. The van der Waals surface area contributed by atoms with Crippen LogP contribution < -0.4 is 15.8 Å². The van der Waals surface area contributed by atoms with Crippen LogP contribution in [0.25, 0.3) is 22.4 Å². The monoisotopic (exact) mass is 556 g/mol. The average Bonchev–Trinajstić information content (AvgIpc) is 3.36. The molecule has 1 saturated heterocycles. The third kappa shape index (κ3) is 5.93. The lowest BCUT2D eigenvalue weighted by Crippen LogP contribution is -2.46. The van der Waals surface area contributed by atoms with Crippen LogP contribution in [-0.4, -0.2) is 70.9 Å². The van der Waals surface area contributed by atoms with E-state index in [1.165, 1.54) is 24.4 Å². The van der Waals surface area contributed by atoms with E-state index in [9.17, 15) is 18.7 Å². The summed E-state index contributed by atoms with van der Waals surface area (Å²) in [4.78, 5) is 28.3. The van der Waals surface area contributed by atoms with Gasteiger partial charge in [0.25, 0.3) is 5.56 Å². The summed E-state index contributed by atoms with van der Waals surface area (Å²) in [6, 6.07) is 9.90. The molecule has 1 aliphatic rings. The Labute approximate surface area is 229 Å². The van der Waals surface area contributed by atoms with Crippen molar-refractivity contribution in [3.63, 3.8) is 0 Å². The van der Waals surface area contributed by atoms with Crippen molar-refractivity contribution in [1.29, 1.82) is 0 Å². The molecular weight excluding hydrogens is 526 g/mol. The summed E-state index contributed by atoms with van der Waals surface area (Å²) in [5.41, 5.74) is 4.57. The minimum Gasteiger partial charge on any atom is -0.387 e. The number of aliphatic hydroxyl groups excluding tert-OH is 1. The number of H-pyrrole nitrogens is 2. The lowest BCUT2D eigenvalue weighted by Gasteiger charge is -2.36. The summed E-state index contributed by atoms with van der Waals surface area (Å²) in [5.74, 6) is -0.151. The molecule has 2 aromatic carbocycles. The maximum Gasteiger partial charge on any atom is 0.261 e. The van der Waals surface area contributed by atoms with Gasteiger partial charge in [-0.15, -0.1) is 0 Å². The van der Waals surface area contributed by atoms with Gasteiger partial charge >= 0.3 is 0 Å². The highest BCUT2D eigenvalue weighted by molar-refractivity contribution is 6.30. The Morgan fingerprint density at radius 1 is 1.18 bits per heavy atom. The smallest absolute Gasteiger partial charge is 0.261 e. The van der Waals surface area contributed by atoms with Crippen molar-refractivity contribution in [2.45, 2.75) is 19.4 Å². The minimum atomic E-state index is -0.979. The van der Waals surface area contributed by atoms with E-state index in [4.69, 9.17) is 16.6 Å². The van der Waals surface area contributed by atoms with E-state index in [0.29, 0.717) is 29.1 Å². The number of nitrogens with one attached hydrogen (secondary N) is 3. The van der Waals surface area contributed by atoms with Gasteiger partial charge in [0.1, 0.15) is 17.2 Å². The summed E-state index contributed by atoms with van der Waals surface area (Å²) in [5, 5.41) is 13.7. The number of imidazole rings is 1. The zero-order chi connectivity index (χ0) is 27.5. The van der Waals surface area contributed by atoms with Gasteiger partial charge in [0.2, 0.25) is 0 Å². The molecule has 5 rings (SSSR count). The maximum absolute atomic E-state index is 13.5. The number of rotatable bonds is 9. The molecule has 0 spiro atoms. The van der Waals surface area contributed by atoms with Gasteiger partial charge in [0.05, 0.1) is 34.5 Å². The molecule has 4 N–H and O–H groups in total. The fraction of sp³-hybridized carbons (Fsp3) is 0.357. The van der Waals surface area contributed by atoms with Crippen molar-refractivity contribution in [3.05, 3.63) is 74.9 Å². The molecular formula is C28H31ClF2N6O2. The number of benzene rings is 2. The summed E-state index contributed by atoms with van der Waals surface area (Å²) in [7, 11) is 0. The lowest BCUT2D eigenvalue weighted by atomic mass is 10.1. The normalized spacial score (nSPS) is 15.2. The predicted molar refractivity (Wildman–Crippen MR) is 151 cm³/mol. The number of hydrogen-bond acceptors (Lipinski definition) is 6. The van der Waals surface area contributed by atoms with E-state index in [1.54, 1.807) is 6.07 Å². The van der Waals surface area contributed by atoms with Crippen LogP contribution in [0.1, 0.15) is 23.7 Å². The van der Waals surface area contributed by atoms with Crippen molar-refractivity contribution in [3.8, 4) is 11.4 Å². The van der Waals surface area contributed by atoms with Crippen LogP contribution in [0, 0.1) is 12.7 Å². The summed E-state index contributed by atoms with van der Waals surface area (Å²) in [6.07, 6.45) is 1.11. The first-order chi connectivity index (χ1) is 18.8. The van der Waals surface area contributed by atoms with Crippen molar-refractivity contribution in [1.82, 2.24) is 19.9 Å². The average molecular weight is 557 g/mol. The van der Waals surface area contributed by atoms with Gasteiger partial charge < -0.3 is 25.3 Å². The Morgan fingerprint density at radius 3 is 2.72 bits per heavy atom. The zero-order valence-corrected chi connectivity index (χ0v) is 22.4. The maximum atomic E-state index is 13.5. The second-order valence-corrected chi connectivity index (χ2v) is 10.2. The number of nitrogens with zero attached hydrogens (tertiary/aromatic N) is 3. The largest absolute Gasteiger partial charge is 0.387 e. The first kappa shape index (κ1) is 27.1. The highest BCUT2D eigenvalue weighted by Gasteiger charge is 2.20. The van der Waals surface area contributed by atoms with E-state index in [2.05, 4.69) is 31.2 Å². The number of aliphatic hydroxyl groups is 1. The number of halogens is 3. The molecule has 39 heavy (non-hydrogen) atoms. The van der Waals surface area contributed by atoms with Crippen molar-refractivity contribution in [2.75, 3.05) is 56.2 Å². The fourth-order valence-corrected chi connectivity index (χ4v) is 5.18. The number of hydrogen-bond donors (Lipinski definition) is 4. The number of aromatic amines is 2. The Balaban J connectivity index is 1.37. The molecule has 0 amide bonds. The molecule has 8 nitrogen and oxygen atoms in total. The van der Waals surface area contributed by atoms with Crippen LogP contribution in [0.4, 0.5) is 20.2 Å². The van der Waals surface area contributed by atoms with Crippen molar-refractivity contribution >= 4 is 34.0 Å². The standard InChI is InChI=1S/C28H31ClF2N6O2/c1-17-13-19(37-11-9-36(10-12-37)8-2-6-30)15-23-26(17)35-27(34-23)25-22(5-7-32-28(25)39)33-16-24(38)18-3-4-21(31)20(29)14-18/h3-5,7,13-15,24,38H,2,6,8-12,16H2,1H3,(H,34,35)(H2,32,33,39)/t24-/m1/s1. The third-order valence-corrected chi connectivity index (χ3v) is 7.41. The van der Waals surface area contributed by atoms with E-state index in [0.717, 1.165) is 55.0 Å². The topological polar surface area (TPSA) is 100 Å². The van der Waals surface area contributed by atoms with Crippen molar-refractivity contribution in [2.24, 2.45) is 0 Å². The molecule has 3 heterocycles. The Hall–Kier alpha value is -3.47. The van der Waals surface area contributed by atoms with Crippen LogP contribution in [0.2, 0.25) is 5.02 Å². The quantitative estimate of drug-likeness (QED) is 0.240. The number of piperazine rings is 1. The number of anilines is 2. The number of aromatic nitrogens is 3. The van der Waals surface area contributed by atoms with Gasteiger partial charge in [-0.05, 0) is 54.8 Å². The van der Waals surface area contributed by atoms with E-state index < -0.39 is 11.9 Å². The molecule has 0 radical (unpaired) electrons. The molecule has 2 aromatic heterocycles. The van der Waals surface area contributed by atoms with Gasteiger partial charge in [-0.3, -0.25) is 14.1 Å². The number of fused-ring (bicyclic) bond motifs is 1. The molecule has 4 aromatic rings. The molecule has 11 heteroatoms. The lowest BCUT2D eigenvalue weighted by molar-refractivity contribution is 0.191. The van der Waals surface area contributed by atoms with Gasteiger partial charge in [0.15, 0.2) is 0 Å². The van der Waals surface area contributed by atoms with E-state index >= 15 is 0 Å². The molecule has 0 bridgehead atoms. The summed E-state index contributed by atoms with van der Waals surface area (Å²) >= 11 is 5.86. The Kier molecular flexibility index (Phi) is 8.15. The minimum absolute atomic E-state index is 0.0686. The first-order valence-corrected chi connectivity index (χ1v) is 13.3.